The minimum Gasteiger partial charge on any atom is -0.126 e. The number of allylic oxidation sites excluding steroid dienone is 8. The van der Waals surface area contributed by atoms with Gasteiger partial charge in [0, 0.05) is 10.7 Å². The van der Waals surface area contributed by atoms with Crippen molar-refractivity contribution in [3.63, 3.8) is 0 Å². The quantitative estimate of drug-likeness (QED) is 0.224. The summed E-state index contributed by atoms with van der Waals surface area (Å²) in [6.07, 6.45) is 17.8. The van der Waals surface area contributed by atoms with Crippen molar-refractivity contribution in [2.45, 2.75) is 114 Å². The molecule has 0 amide bonds. The van der Waals surface area contributed by atoms with Gasteiger partial charge in [0.15, 0.2) is 0 Å². The highest BCUT2D eigenvalue weighted by Crippen LogP contribution is 2.35. The fraction of sp³-hybridized carbons (Fsp3) is 0.625. The minimum atomic E-state index is 0.941. The second-order valence-electron chi connectivity index (χ2n) is 9.06. The van der Waals surface area contributed by atoms with Crippen molar-refractivity contribution in [1.29, 1.82) is 0 Å². The molecule has 1 aliphatic carbocycles. The molecule has 0 unspecified atom stereocenters. The Morgan fingerprint density at radius 2 is 1.52 bits per heavy atom. The topological polar surface area (TPSA) is 0 Å². The van der Waals surface area contributed by atoms with Gasteiger partial charge in [-0.25, -0.2) is 0 Å². The number of rotatable bonds is 10. The summed E-state index contributed by atoms with van der Waals surface area (Å²) < 4.78 is 0. The van der Waals surface area contributed by atoms with Crippen LogP contribution in [0.2, 0.25) is 0 Å². The van der Waals surface area contributed by atoms with Crippen molar-refractivity contribution in [3.05, 3.63) is 71.2 Å². The van der Waals surface area contributed by atoms with Crippen molar-refractivity contribution in [2.24, 2.45) is 11.8 Å². The van der Waals surface area contributed by atoms with E-state index in [1.807, 2.05) is 38.6 Å². The smallest absolute Gasteiger partial charge is 0.00260 e. The van der Waals surface area contributed by atoms with Crippen LogP contribution in [0.5, 0.6) is 0 Å². The van der Waals surface area contributed by atoms with Gasteiger partial charge in [-0.1, -0.05) is 122 Å². The predicted molar refractivity (Wildman–Crippen MR) is 161 cm³/mol. The Morgan fingerprint density at radius 1 is 0.970 bits per heavy atom. The van der Waals surface area contributed by atoms with Crippen molar-refractivity contribution in [3.8, 4) is 0 Å². The maximum Gasteiger partial charge on any atom is 0.00260 e. The van der Waals surface area contributed by atoms with E-state index in [1.165, 1.54) is 66.7 Å². The molecule has 0 aromatic carbocycles. The largest absolute Gasteiger partial charge is 0.126 e. The molecule has 0 bridgehead atoms. The zero-order valence-corrected chi connectivity index (χ0v) is 25.0. The molecule has 0 nitrogen and oxygen atoms in total. The van der Waals surface area contributed by atoms with E-state index in [1.54, 1.807) is 6.08 Å². The zero-order valence-electron chi connectivity index (χ0n) is 24.2. The third kappa shape index (κ3) is 23.7. The van der Waals surface area contributed by atoms with Crippen LogP contribution in [0, 0.1) is 11.8 Å². The van der Waals surface area contributed by atoms with Crippen LogP contribution in [0.1, 0.15) is 114 Å². The van der Waals surface area contributed by atoms with Crippen LogP contribution in [-0.2, 0) is 0 Å². The summed E-state index contributed by atoms with van der Waals surface area (Å²) in [5.41, 5.74) is 4.84. The highest BCUT2D eigenvalue weighted by molar-refractivity contribution is 8.03. The number of hydrogen-bond acceptors (Lipinski definition) is 1. The SMILES string of the molecule is C=C(SC[C@@H]1CC[C@H](C)C1)/C(C)=C/C.C=C/C=C(\C=C(C)C)C(=C)C.CC.CCCCCC. The molecule has 2 atom stereocenters. The molecule has 0 spiro atoms. The molecule has 0 aromatic heterocycles. The highest BCUT2D eigenvalue weighted by atomic mass is 32.2. The Morgan fingerprint density at radius 3 is 1.85 bits per heavy atom. The van der Waals surface area contributed by atoms with Crippen molar-refractivity contribution >= 4 is 11.8 Å². The van der Waals surface area contributed by atoms with Crippen LogP contribution < -0.4 is 0 Å². The molecule has 1 aliphatic rings. The van der Waals surface area contributed by atoms with Crippen LogP contribution in [-0.4, -0.2) is 5.75 Å². The number of thioether (sulfide) groups is 1. The molecule has 0 radical (unpaired) electrons. The van der Waals surface area contributed by atoms with E-state index < -0.39 is 0 Å². The molecule has 0 saturated heterocycles. The first-order valence-corrected chi connectivity index (χ1v) is 14.2. The van der Waals surface area contributed by atoms with Crippen molar-refractivity contribution < 1.29 is 0 Å². The maximum absolute atomic E-state index is 4.10. The average molecular weight is 475 g/mol. The van der Waals surface area contributed by atoms with Gasteiger partial charge in [-0.2, -0.15) is 0 Å². The van der Waals surface area contributed by atoms with Crippen molar-refractivity contribution in [1.82, 2.24) is 0 Å². The Hall–Kier alpha value is -1.21. The van der Waals surface area contributed by atoms with E-state index in [0.29, 0.717) is 0 Å². The monoisotopic (exact) mass is 474 g/mol. The Balaban J connectivity index is -0.000000423. The lowest BCUT2D eigenvalue weighted by atomic mass is 10.1. The molecule has 192 valence electrons. The lowest BCUT2D eigenvalue weighted by Crippen LogP contribution is -1.98. The molecular formula is C32H58S. The highest BCUT2D eigenvalue weighted by Gasteiger charge is 2.21. The van der Waals surface area contributed by atoms with Crippen LogP contribution >= 0.6 is 11.8 Å². The van der Waals surface area contributed by atoms with Gasteiger partial charge < -0.3 is 0 Å². The van der Waals surface area contributed by atoms with Gasteiger partial charge >= 0.3 is 0 Å². The summed E-state index contributed by atoms with van der Waals surface area (Å²) in [6, 6.07) is 0. The van der Waals surface area contributed by atoms with Gasteiger partial charge in [-0.05, 0) is 70.4 Å². The lowest BCUT2D eigenvalue weighted by molar-refractivity contribution is 0.562. The lowest BCUT2D eigenvalue weighted by Gasteiger charge is -2.10. The molecule has 1 saturated carbocycles. The first-order chi connectivity index (χ1) is 15.6. The Bertz CT molecular complexity index is 592. The second-order valence-corrected chi connectivity index (χ2v) is 10.2. The standard InChI is InChI=1S/C13H22S.C11H16.C6H14.C2H6/c1-5-11(3)12(4)14-9-13-7-6-10(2)8-13;1-6-7-11(10(4)5)8-9(2)3;1-3-5-6-4-2;1-2/h5,10,13H,4,6-9H2,1-3H3;6-8H,1,4H2,2-3,5H3;3-6H2,1-2H3;1-2H3/b11-5+;11-7+;;/t10-,13+;;;/m0.../s1. The molecule has 0 aromatic rings. The van der Waals surface area contributed by atoms with Crippen LogP contribution in [0.3, 0.4) is 0 Å². The normalized spacial score (nSPS) is 17.3. The maximum atomic E-state index is 4.10. The summed E-state index contributed by atoms with van der Waals surface area (Å²) >= 11 is 1.95. The molecule has 1 heteroatoms. The number of unbranched alkanes of at least 4 members (excludes halogenated alkanes) is 3. The van der Waals surface area contributed by atoms with Crippen molar-refractivity contribution in [2.75, 3.05) is 5.75 Å². The third-order valence-corrected chi connectivity index (χ3v) is 6.67. The fourth-order valence-electron chi connectivity index (χ4n) is 3.22. The van der Waals surface area contributed by atoms with Gasteiger partial charge in [0.05, 0.1) is 0 Å². The van der Waals surface area contributed by atoms with E-state index in [2.05, 4.69) is 80.4 Å². The van der Waals surface area contributed by atoms with Gasteiger partial charge in [-0.3, -0.25) is 0 Å². The first-order valence-electron chi connectivity index (χ1n) is 13.2. The van der Waals surface area contributed by atoms with E-state index in [0.717, 1.165) is 23.0 Å². The molecule has 0 N–H and O–H groups in total. The minimum absolute atomic E-state index is 0.941. The molecule has 0 aliphatic heterocycles. The van der Waals surface area contributed by atoms with Gasteiger partial charge in [0.2, 0.25) is 0 Å². The third-order valence-electron chi connectivity index (χ3n) is 5.36. The number of hydrogen-bond donors (Lipinski definition) is 0. The summed E-state index contributed by atoms with van der Waals surface area (Å²) in [5.74, 6) is 3.17. The molecule has 33 heavy (non-hydrogen) atoms. The average Bonchev–Trinajstić information content (AvgIpc) is 3.22. The Labute approximate surface area is 214 Å². The summed E-state index contributed by atoms with van der Waals surface area (Å²) in [4.78, 5) is 1.26. The summed E-state index contributed by atoms with van der Waals surface area (Å²) in [7, 11) is 0. The predicted octanol–water partition coefficient (Wildman–Crippen LogP) is 11.9. The zero-order chi connectivity index (χ0) is 26.2. The van der Waals surface area contributed by atoms with Crippen LogP contribution in [0.4, 0.5) is 0 Å². The molecule has 1 rings (SSSR count). The Kier molecular flexibility index (Phi) is 28.0. The van der Waals surface area contributed by atoms with Crippen LogP contribution in [0.15, 0.2) is 71.2 Å². The van der Waals surface area contributed by atoms with E-state index in [4.69, 9.17) is 0 Å². The van der Waals surface area contributed by atoms with Gasteiger partial charge in [-0.15, -0.1) is 11.8 Å². The van der Waals surface area contributed by atoms with E-state index >= 15 is 0 Å². The molecular weight excluding hydrogens is 416 g/mol. The van der Waals surface area contributed by atoms with Crippen LogP contribution in [0.25, 0.3) is 0 Å². The van der Waals surface area contributed by atoms with E-state index in [9.17, 15) is 0 Å². The molecule has 1 fully saturated rings. The molecule has 0 heterocycles. The first kappa shape index (κ1) is 36.4. The summed E-state index contributed by atoms with van der Waals surface area (Å²) in [5, 5.41) is 0. The van der Waals surface area contributed by atoms with E-state index in [-0.39, 0.29) is 0 Å². The fourth-order valence-corrected chi connectivity index (χ4v) is 4.31. The summed E-state index contributed by atoms with van der Waals surface area (Å²) in [6.45, 7) is 32.8. The van der Waals surface area contributed by atoms with Gasteiger partial charge in [0.1, 0.15) is 0 Å². The van der Waals surface area contributed by atoms with Gasteiger partial charge in [0.25, 0.3) is 0 Å². The second kappa shape index (κ2) is 25.4.